The molecule has 4 rings (SSSR count). The van der Waals surface area contributed by atoms with Crippen LogP contribution < -0.4 is 9.47 Å². The van der Waals surface area contributed by atoms with Crippen LogP contribution in [-0.4, -0.2) is 59.8 Å². The van der Waals surface area contributed by atoms with E-state index in [9.17, 15) is 14.0 Å². The number of halogens is 1. The molecule has 0 spiro atoms. The van der Waals surface area contributed by atoms with Gasteiger partial charge in [-0.25, -0.2) is 9.40 Å². The van der Waals surface area contributed by atoms with Crippen molar-refractivity contribution in [2.75, 3.05) is 27.8 Å². The van der Waals surface area contributed by atoms with Crippen molar-refractivity contribution in [1.82, 2.24) is 14.5 Å². The summed E-state index contributed by atoms with van der Waals surface area (Å²) >= 11 is 0. The minimum absolute atomic E-state index is 0.0942. The zero-order valence-corrected chi connectivity index (χ0v) is 20.1. The number of hydrogen-bond acceptors (Lipinski definition) is 5. The summed E-state index contributed by atoms with van der Waals surface area (Å²) in [6.45, 7) is -0.278. The van der Waals surface area contributed by atoms with Crippen LogP contribution in [-0.2, 0) is 11.8 Å². The molecule has 8 nitrogen and oxygen atoms in total. The Bertz CT molecular complexity index is 1290. The maximum absolute atomic E-state index is 14.1. The van der Waals surface area contributed by atoms with Crippen LogP contribution in [0.4, 0.5) is 4.39 Å². The topological polar surface area (TPSA) is 76.4 Å². The van der Waals surface area contributed by atoms with Gasteiger partial charge in [0.1, 0.15) is 23.9 Å². The van der Waals surface area contributed by atoms with Crippen LogP contribution in [0.15, 0.2) is 65.9 Å². The lowest BCUT2D eigenvalue weighted by Gasteiger charge is -2.26. The maximum atomic E-state index is 14.1. The summed E-state index contributed by atoms with van der Waals surface area (Å²) < 4.78 is 27.0. The molecule has 0 N–H and O–H groups in total. The number of methoxy groups -OCH3 is 2. The van der Waals surface area contributed by atoms with Crippen molar-refractivity contribution in [2.24, 2.45) is 12.1 Å². The van der Waals surface area contributed by atoms with Crippen molar-refractivity contribution in [3.8, 4) is 11.5 Å². The third-order valence-electron chi connectivity index (χ3n) is 6.02. The number of likely N-dealkylation sites (N-methyl/N-ethyl adjacent to an activating group) is 1. The Hall–Kier alpha value is -4.14. The van der Waals surface area contributed by atoms with E-state index in [0.717, 1.165) is 17.0 Å². The Labute approximate surface area is 203 Å². The average Bonchev–Trinajstić information content (AvgIpc) is 3.49. The molecule has 182 valence electrons. The summed E-state index contributed by atoms with van der Waals surface area (Å²) in [5.74, 6) is -0.421. The minimum Gasteiger partial charge on any atom is -0.497 e. The number of aromatic nitrogens is 1. The molecule has 0 radical (unpaired) electrons. The lowest BCUT2D eigenvalue weighted by Crippen LogP contribution is -2.39. The van der Waals surface area contributed by atoms with Crippen molar-refractivity contribution in [2.45, 2.75) is 12.5 Å². The zero-order chi connectivity index (χ0) is 25.1. The molecule has 1 aromatic heterocycles. The normalized spacial score (nSPS) is 15.1. The van der Waals surface area contributed by atoms with Crippen molar-refractivity contribution in [1.29, 1.82) is 0 Å². The van der Waals surface area contributed by atoms with Gasteiger partial charge in [-0.2, -0.15) is 5.10 Å². The number of amides is 2. The number of rotatable bonds is 7. The van der Waals surface area contributed by atoms with Crippen LogP contribution in [0.2, 0.25) is 0 Å². The maximum Gasteiger partial charge on any atom is 0.262 e. The molecule has 35 heavy (non-hydrogen) atoms. The van der Waals surface area contributed by atoms with E-state index in [4.69, 9.17) is 9.47 Å². The van der Waals surface area contributed by atoms with Crippen LogP contribution in [0.1, 0.15) is 34.1 Å². The van der Waals surface area contributed by atoms with Crippen molar-refractivity contribution < 1.29 is 23.5 Å². The fourth-order valence-electron chi connectivity index (χ4n) is 4.19. The monoisotopic (exact) mass is 478 g/mol. The molecule has 1 aliphatic rings. The molecule has 0 fully saturated rings. The second kappa shape index (κ2) is 10.0. The SMILES string of the molecule is COc1ccc(OC)c(C2CC(c3cccn3C)=NN2C(=O)CN(C)C(=O)c2ccccc2F)c1. The van der Waals surface area contributed by atoms with E-state index in [0.29, 0.717) is 17.9 Å². The lowest BCUT2D eigenvalue weighted by molar-refractivity contribution is -0.133. The molecular weight excluding hydrogens is 451 g/mol. The predicted molar refractivity (Wildman–Crippen MR) is 129 cm³/mol. The van der Waals surface area contributed by atoms with Gasteiger partial charge in [-0.15, -0.1) is 0 Å². The molecule has 1 atom stereocenters. The van der Waals surface area contributed by atoms with Crippen LogP contribution in [0, 0.1) is 5.82 Å². The largest absolute Gasteiger partial charge is 0.497 e. The second-order valence-corrected chi connectivity index (χ2v) is 8.26. The van der Waals surface area contributed by atoms with E-state index in [2.05, 4.69) is 5.10 Å². The molecule has 0 aliphatic carbocycles. The number of carbonyl (C=O) groups is 2. The first-order chi connectivity index (χ1) is 16.8. The second-order valence-electron chi connectivity index (χ2n) is 8.26. The molecular formula is C26H27FN4O4. The van der Waals surface area contributed by atoms with Gasteiger partial charge in [-0.05, 0) is 42.5 Å². The van der Waals surface area contributed by atoms with Crippen LogP contribution >= 0.6 is 0 Å². The molecule has 2 amide bonds. The minimum atomic E-state index is -0.638. The quantitative estimate of drug-likeness (QED) is 0.520. The van der Waals surface area contributed by atoms with Crippen molar-refractivity contribution in [3.63, 3.8) is 0 Å². The van der Waals surface area contributed by atoms with E-state index in [-0.39, 0.29) is 12.1 Å². The van der Waals surface area contributed by atoms with Crippen LogP contribution in [0.5, 0.6) is 11.5 Å². The van der Waals surface area contributed by atoms with Gasteiger partial charge in [-0.3, -0.25) is 9.59 Å². The Morgan fingerprint density at radius 2 is 1.89 bits per heavy atom. The number of hydrogen-bond donors (Lipinski definition) is 0. The molecule has 2 aromatic carbocycles. The van der Waals surface area contributed by atoms with Crippen LogP contribution in [0.3, 0.4) is 0 Å². The summed E-state index contributed by atoms with van der Waals surface area (Å²) in [5.41, 5.74) is 2.24. The summed E-state index contributed by atoms with van der Waals surface area (Å²) in [4.78, 5) is 27.4. The smallest absolute Gasteiger partial charge is 0.262 e. The fourth-order valence-corrected chi connectivity index (χ4v) is 4.19. The summed E-state index contributed by atoms with van der Waals surface area (Å²) in [5, 5.41) is 6.03. The number of nitrogens with zero attached hydrogens (tertiary/aromatic N) is 4. The number of ether oxygens (including phenoxy) is 2. The molecule has 0 bridgehead atoms. The highest BCUT2D eigenvalue weighted by molar-refractivity contribution is 6.03. The van der Waals surface area contributed by atoms with Crippen LogP contribution in [0.25, 0.3) is 0 Å². The van der Waals surface area contributed by atoms with E-state index < -0.39 is 23.7 Å². The van der Waals surface area contributed by atoms with Gasteiger partial charge >= 0.3 is 0 Å². The Balaban J connectivity index is 1.66. The molecule has 3 aromatic rings. The predicted octanol–water partition coefficient (Wildman–Crippen LogP) is 3.63. The third-order valence-corrected chi connectivity index (χ3v) is 6.02. The highest BCUT2D eigenvalue weighted by Crippen LogP contribution is 2.39. The van der Waals surface area contributed by atoms with Gasteiger partial charge in [0, 0.05) is 32.3 Å². The van der Waals surface area contributed by atoms with E-state index in [1.165, 1.54) is 35.2 Å². The summed E-state index contributed by atoms with van der Waals surface area (Å²) in [6.07, 6.45) is 2.35. The summed E-state index contributed by atoms with van der Waals surface area (Å²) in [6, 6.07) is 14.4. The first-order valence-corrected chi connectivity index (χ1v) is 11.1. The average molecular weight is 479 g/mol. The third kappa shape index (κ3) is 4.75. The number of carbonyl (C=O) groups excluding carboxylic acids is 2. The Kier molecular flexibility index (Phi) is 6.86. The van der Waals surface area contributed by atoms with Crippen molar-refractivity contribution in [3.05, 3.63) is 83.4 Å². The molecule has 9 heteroatoms. The first kappa shape index (κ1) is 24.0. The number of aryl methyl sites for hydroxylation is 1. The highest BCUT2D eigenvalue weighted by Gasteiger charge is 2.36. The molecule has 0 saturated heterocycles. The summed E-state index contributed by atoms with van der Waals surface area (Å²) in [7, 11) is 6.50. The molecule has 1 unspecified atom stereocenters. The van der Waals surface area contributed by atoms with Gasteiger partial charge in [0.05, 0.1) is 37.2 Å². The number of benzene rings is 2. The van der Waals surface area contributed by atoms with E-state index in [1.54, 1.807) is 32.4 Å². The van der Waals surface area contributed by atoms with E-state index >= 15 is 0 Å². The lowest BCUT2D eigenvalue weighted by atomic mass is 9.99. The Morgan fingerprint density at radius 3 is 2.54 bits per heavy atom. The Morgan fingerprint density at radius 1 is 1.11 bits per heavy atom. The standard InChI is InChI=1S/C26H27FN4O4/c1-29-13-7-10-22(29)21-15-23(19-14-17(34-3)11-12-24(19)35-4)31(28-21)25(32)16-30(2)26(33)18-8-5-6-9-20(18)27/h5-14,23H,15-16H2,1-4H3. The van der Waals surface area contributed by atoms with Gasteiger partial charge < -0.3 is 18.9 Å². The molecule has 2 heterocycles. The van der Waals surface area contributed by atoms with E-state index in [1.807, 2.05) is 36.0 Å². The van der Waals surface area contributed by atoms with Gasteiger partial charge in [0.15, 0.2) is 0 Å². The molecule has 0 saturated carbocycles. The first-order valence-electron chi connectivity index (χ1n) is 11.1. The van der Waals surface area contributed by atoms with Crippen molar-refractivity contribution >= 4 is 17.5 Å². The highest BCUT2D eigenvalue weighted by atomic mass is 19.1. The number of hydrazone groups is 1. The van der Waals surface area contributed by atoms with Gasteiger partial charge in [-0.1, -0.05) is 12.1 Å². The zero-order valence-electron chi connectivity index (χ0n) is 20.1. The molecule has 1 aliphatic heterocycles. The van der Waals surface area contributed by atoms with Gasteiger partial charge in [0.25, 0.3) is 11.8 Å². The van der Waals surface area contributed by atoms with Gasteiger partial charge in [0.2, 0.25) is 0 Å². The fraction of sp³-hybridized carbons (Fsp3) is 0.269.